The van der Waals surface area contributed by atoms with Crippen molar-refractivity contribution in [3.63, 3.8) is 0 Å². The second-order valence-electron chi connectivity index (χ2n) is 2.29. The SMILES string of the molecule is Cc1ccc(S(=O)(=O)O)cc1.[Li]. The third-order valence-electron chi connectivity index (χ3n) is 1.32. The van der Waals surface area contributed by atoms with E-state index in [1.54, 1.807) is 12.1 Å². The Kier molecular flexibility index (Phi) is 4.01. The van der Waals surface area contributed by atoms with Gasteiger partial charge in [-0.15, -0.1) is 0 Å². The summed E-state index contributed by atoms with van der Waals surface area (Å²) in [5.41, 5.74) is 0.956. The fourth-order valence-electron chi connectivity index (χ4n) is 0.710. The Hall–Kier alpha value is -0.273. The summed E-state index contributed by atoms with van der Waals surface area (Å²) in [5.74, 6) is 0. The Morgan fingerprint density at radius 2 is 1.58 bits per heavy atom. The quantitative estimate of drug-likeness (QED) is 0.513. The second kappa shape index (κ2) is 4.10. The first-order valence-electron chi connectivity index (χ1n) is 3.04. The molecular formula is C7H8LiO3S. The number of hydrogen-bond donors (Lipinski definition) is 1. The topological polar surface area (TPSA) is 54.4 Å². The molecule has 0 aliphatic heterocycles. The molecule has 1 rings (SSSR count). The van der Waals surface area contributed by atoms with Gasteiger partial charge in [-0.3, -0.25) is 4.55 Å². The average molecular weight is 179 g/mol. The van der Waals surface area contributed by atoms with E-state index in [9.17, 15) is 8.42 Å². The van der Waals surface area contributed by atoms with Gasteiger partial charge < -0.3 is 0 Å². The third-order valence-corrected chi connectivity index (χ3v) is 2.19. The van der Waals surface area contributed by atoms with Crippen molar-refractivity contribution in [1.29, 1.82) is 0 Å². The minimum atomic E-state index is -4.02. The first-order valence-corrected chi connectivity index (χ1v) is 4.48. The molecule has 1 radical (unpaired) electrons. The molecule has 0 spiro atoms. The minimum absolute atomic E-state index is 0. The molecule has 0 atom stereocenters. The van der Waals surface area contributed by atoms with E-state index in [-0.39, 0.29) is 23.8 Å². The number of aryl methyl sites for hydroxylation is 1. The Balaban J connectivity index is 0.00000121. The van der Waals surface area contributed by atoms with E-state index in [2.05, 4.69) is 0 Å². The van der Waals surface area contributed by atoms with Crippen LogP contribution in [0.1, 0.15) is 5.56 Å². The van der Waals surface area contributed by atoms with E-state index in [1.807, 2.05) is 6.92 Å². The van der Waals surface area contributed by atoms with Gasteiger partial charge in [0, 0.05) is 18.9 Å². The molecule has 0 aliphatic rings. The normalized spacial score (nSPS) is 10.5. The first kappa shape index (κ1) is 11.7. The molecule has 0 aliphatic carbocycles. The Morgan fingerprint density at radius 3 is 1.92 bits per heavy atom. The maximum atomic E-state index is 10.5. The monoisotopic (exact) mass is 179 g/mol. The van der Waals surface area contributed by atoms with Crippen LogP contribution in [-0.4, -0.2) is 31.8 Å². The summed E-state index contributed by atoms with van der Waals surface area (Å²) in [4.78, 5) is -0.0666. The number of rotatable bonds is 1. The second-order valence-corrected chi connectivity index (χ2v) is 3.71. The van der Waals surface area contributed by atoms with Crippen molar-refractivity contribution in [3.8, 4) is 0 Å². The van der Waals surface area contributed by atoms with Crippen LogP contribution < -0.4 is 0 Å². The van der Waals surface area contributed by atoms with Crippen molar-refractivity contribution >= 4 is 29.0 Å². The minimum Gasteiger partial charge on any atom is -0.282 e. The van der Waals surface area contributed by atoms with Gasteiger partial charge in [-0.2, -0.15) is 8.42 Å². The van der Waals surface area contributed by atoms with Gasteiger partial charge in [0.1, 0.15) is 0 Å². The molecule has 0 bridgehead atoms. The van der Waals surface area contributed by atoms with Gasteiger partial charge in [-0.1, -0.05) is 17.7 Å². The molecule has 0 unspecified atom stereocenters. The van der Waals surface area contributed by atoms with E-state index in [4.69, 9.17) is 4.55 Å². The van der Waals surface area contributed by atoms with Crippen LogP contribution in [0.5, 0.6) is 0 Å². The summed E-state index contributed by atoms with van der Waals surface area (Å²) in [5, 5.41) is 0. The average Bonchev–Trinajstić information content (AvgIpc) is 1.86. The molecule has 0 amide bonds. The summed E-state index contributed by atoms with van der Waals surface area (Å²) in [7, 11) is -4.02. The van der Waals surface area contributed by atoms with Crippen LogP contribution in [0, 0.1) is 6.92 Å². The molecule has 1 N–H and O–H groups in total. The van der Waals surface area contributed by atoms with Crippen LogP contribution in [-0.2, 0) is 10.1 Å². The standard InChI is InChI=1S/C7H8O3S.Li/c1-6-2-4-7(5-3-6)11(8,9)10;/h2-5H,1H3,(H,8,9,10);. The third kappa shape index (κ3) is 3.00. The van der Waals surface area contributed by atoms with E-state index >= 15 is 0 Å². The number of hydrogen-bond acceptors (Lipinski definition) is 2. The fraction of sp³-hybridized carbons (Fsp3) is 0.143. The Labute approximate surface area is 83.7 Å². The number of benzene rings is 1. The van der Waals surface area contributed by atoms with Crippen LogP contribution in [0.15, 0.2) is 29.2 Å². The molecule has 3 nitrogen and oxygen atoms in total. The predicted molar refractivity (Wildman–Crippen MR) is 46.7 cm³/mol. The summed E-state index contributed by atoms with van der Waals surface area (Å²) in [6, 6.07) is 5.99. The van der Waals surface area contributed by atoms with Crippen LogP contribution in [0.3, 0.4) is 0 Å². The zero-order valence-electron chi connectivity index (χ0n) is 6.98. The van der Waals surface area contributed by atoms with Gasteiger partial charge >= 0.3 is 0 Å². The van der Waals surface area contributed by atoms with Gasteiger partial charge in [-0.05, 0) is 19.1 Å². The maximum Gasteiger partial charge on any atom is 0.294 e. The zero-order valence-corrected chi connectivity index (χ0v) is 7.80. The smallest absolute Gasteiger partial charge is 0.282 e. The molecule has 61 valence electrons. The summed E-state index contributed by atoms with van der Waals surface area (Å²) in [6.45, 7) is 1.84. The molecule has 1 aromatic rings. The molecule has 0 saturated carbocycles. The molecule has 0 heterocycles. The van der Waals surface area contributed by atoms with Crippen molar-refractivity contribution in [1.82, 2.24) is 0 Å². The van der Waals surface area contributed by atoms with Gasteiger partial charge in [-0.25, -0.2) is 0 Å². The largest absolute Gasteiger partial charge is 0.294 e. The van der Waals surface area contributed by atoms with Crippen molar-refractivity contribution in [2.75, 3.05) is 0 Å². The summed E-state index contributed by atoms with van der Waals surface area (Å²) >= 11 is 0. The Bertz CT molecular complexity index is 341. The molecule has 0 saturated heterocycles. The molecule has 0 fully saturated rings. The van der Waals surface area contributed by atoms with Crippen LogP contribution in [0.2, 0.25) is 0 Å². The van der Waals surface area contributed by atoms with Crippen molar-refractivity contribution in [2.24, 2.45) is 0 Å². The van der Waals surface area contributed by atoms with Gasteiger partial charge in [0.15, 0.2) is 0 Å². The van der Waals surface area contributed by atoms with Gasteiger partial charge in [0.25, 0.3) is 10.1 Å². The van der Waals surface area contributed by atoms with Crippen LogP contribution >= 0.6 is 0 Å². The van der Waals surface area contributed by atoms with Crippen LogP contribution in [0.25, 0.3) is 0 Å². The van der Waals surface area contributed by atoms with Gasteiger partial charge in [0.05, 0.1) is 4.90 Å². The fourth-order valence-corrected chi connectivity index (χ4v) is 1.19. The van der Waals surface area contributed by atoms with E-state index in [0.717, 1.165) is 5.56 Å². The predicted octanol–water partition coefficient (Wildman–Crippen LogP) is 0.861. The molecule has 1 aromatic carbocycles. The van der Waals surface area contributed by atoms with Crippen molar-refractivity contribution in [2.45, 2.75) is 11.8 Å². The molecular weight excluding hydrogens is 171 g/mol. The van der Waals surface area contributed by atoms with E-state index in [0.29, 0.717) is 0 Å². The molecule has 0 aromatic heterocycles. The summed E-state index contributed by atoms with van der Waals surface area (Å²) < 4.78 is 29.6. The van der Waals surface area contributed by atoms with E-state index in [1.165, 1.54) is 12.1 Å². The van der Waals surface area contributed by atoms with E-state index < -0.39 is 10.1 Å². The van der Waals surface area contributed by atoms with Crippen LogP contribution in [0.4, 0.5) is 0 Å². The van der Waals surface area contributed by atoms with Crippen molar-refractivity contribution in [3.05, 3.63) is 29.8 Å². The summed E-state index contributed by atoms with van der Waals surface area (Å²) in [6.07, 6.45) is 0. The zero-order chi connectivity index (χ0) is 8.48. The molecule has 5 heteroatoms. The van der Waals surface area contributed by atoms with Gasteiger partial charge in [0.2, 0.25) is 0 Å². The Morgan fingerprint density at radius 1 is 1.17 bits per heavy atom. The molecule has 12 heavy (non-hydrogen) atoms. The maximum absolute atomic E-state index is 10.5. The first-order chi connectivity index (χ1) is 5.00. The van der Waals surface area contributed by atoms with Crippen molar-refractivity contribution < 1.29 is 13.0 Å².